The van der Waals surface area contributed by atoms with Gasteiger partial charge in [0.25, 0.3) is 0 Å². The zero-order valence-corrected chi connectivity index (χ0v) is 6.09. The molecule has 0 amide bonds. The van der Waals surface area contributed by atoms with Crippen LogP contribution in [0.1, 0.15) is 13.3 Å². The molecular formula is C4H8BrCl. The van der Waals surface area contributed by atoms with Gasteiger partial charge in [-0.2, -0.15) is 0 Å². The lowest BCUT2D eigenvalue weighted by Crippen LogP contribution is -1.88. The van der Waals surface area contributed by atoms with E-state index >= 15 is 0 Å². The third-order valence-corrected chi connectivity index (χ3v) is 1.18. The molecule has 0 N–H and O–H groups in total. The minimum Gasteiger partial charge on any atom is -0.123 e. The monoisotopic (exact) mass is 170 g/mol. The maximum atomic E-state index is 5.55. The highest BCUT2D eigenvalue weighted by Gasteiger charge is 1.89. The molecule has 0 spiro atoms. The largest absolute Gasteiger partial charge is 0.123 e. The Morgan fingerprint density at radius 1 is 1.83 bits per heavy atom. The minimum atomic E-state index is 0.323. The molecule has 0 aliphatic carbocycles. The average Bonchev–Trinajstić information content (AvgIpc) is 1.35. The van der Waals surface area contributed by atoms with E-state index in [-0.39, 0.29) is 0 Å². The van der Waals surface area contributed by atoms with Gasteiger partial charge in [0.05, 0.1) is 0 Å². The number of hydrogen-bond donors (Lipinski definition) is 0. The lowest BCUT2D eigenvalue weighted by atomic mass is 10.4. The van der Waals surface area contributed by atoms with E-state index in [1.807, 2.05) is 6.92 Å². The van der Waals surface area contributed by atoms with Crippen LogP contribution < -0.4 is 0 Å². The second-order valence-electron chi connectivity index (χ2n) is 1.26. The summed E-state index contributed by atoms with van der Waals surface area (Å²) in [5.41, 5.74) is 0. The summed E-state index contributed by atoms with van der Waals surface area (Å²) in [5.74, 6) is 0. The van der Waals surface area contributed by atoms with Gasteiger partial charge in [0.1, 0.15) is 0 Å². The van der Waals surface area contributed by atoms with Crippen molar-refractivity contribution in [2.75, 3.05) is 5.33 Å². The van der Waals surface area contributed by atoms with Gasteiger partial charge in [-0.1, -0.05) is 15.9 Å². The first-order chi connectivity index (χ1) is 2.77. The Labute approximate surface area is 52.0 Å². The Morgan fingerprint density at radius 2 is 2.33 bits per heavy atom. The van der Waals surface area contributed by atoms with Crippen LogP contribution in [0.4, 0.5) is 0 Å². The van der Waals surface area contributed by atoms with Gasteiger partial charge in [-0.25, -0.2) is 0 Å². The van der Waals surface area contributed by atoms with Crippen LogP contribution in [-0.2, 0) is 0 Å². The molecular weight excluding hydrogens is 163 g/mol. The maximum absolute atomic E-state index is 5.55. The second-order valence-corrected chi connectivity index (χ2v) is 2.80. The molecule has 0 radical (unpaired) electrons. The number of alkyl halides is 2. The van der Waals surface area contributed by atoms with E-state index in [4.69, 9.17) is 11.6 Å². The molecule has 0 saturated carbocycles. The van der Waals surface area contributed by atoms with Crippen molar-refractivity contribution in [3.05, 3.63) is 0 Å². The fourth-order valence-electron chi connectivity index (χ4n) is 0.150. The third-order valence-electron chi connectivity index (χ3n) is 0.507. The van der Waals surface area contributed by atoms with E-state index in [9.17, 15) is 0 Å². The first kappa shape index (κ1) is 6.77. The fraction of sp³-hybridized carbons (Fsp3) is 1.00. The van der Waals surface area contributed by atoms with E-state index in [1.54, 1.807) is 0 Å². The Balaban J connectivity index is 2.63. The Kier molecular flexibility index (Phi) is 4.45. The molecule has 0 bridgehead atoms. The van der Waals surface area contributed by atoms with Gasteiger partial charge in [-0.3, -0.25) is 0 Å². The van der Waals surface area contributed by atoms with Crippen LogP contribution in [0.15, 0.2) is 0 Å². The molecule has 0 aliphatic rings. The zero-order chi connectivity index (χ0) is 4.99. The van der Waals surface area contributed by atoms with Crippen LogP contribution in [-0.4, -0.2) is 10.7 Å². The number of rotatable bonds is 2. The summed E-state index contributed by atoms with van der Waals surface area (Å²) in [4.78, 5) is 0. The summed E-state index contributed by atoms with van der Waals surface area (Å²) in [6.45, 7) is 1.99. The summed E-state index contributed by atoms with van der Waals surface area (Å²) in [6.07, 6.45) is 1.06. The molecule has 0 aromatic heterocycles. The molecule has 0 nitrogen and oxygen atoms in total. The summed E-state index contributed by atoms with van der Waals surface area (Å²) in [7, 11) is 0. The van der Waals surface area contributed by atoms with Crippen molar-refractivity contribution in [3.63, 3.8) is 0 Å². The zero-order valence-electron chi connectivity index (χ0n) is 3.75. The summed E-state index contributed by atoms with van der Waals surface area (Å²) in [6, 6.07) is 0. The highest BCUT2D eigenvalue weighted by Crippen LogP contribution is 2.00. The van der Waals surface area contributed by atoms with Crippen molar-refractivity contribution < 1.29 is 0 Å². The molecule has 0 aromatic carbocycles. The first-order valence-corrected chi connectivity index (χ1v) is 3.53. The van der Waals surface area contributed by atoms with Crippen LogP contribution in [0.25, 0.3) is 0 Å². The van der Waals surface area contributed by atoms with Crippen LogP contribution in [0.5, 0.6) is 0 Å². The number of halogens is 2. The van der Waals surface area contributed by atoms with E-state index in [0.717, 1.165) is 11.8 Å². The standard InChI is InChI=1S/C4H8BrCl/c1-4(6)2-3-5/h4H,2-3H2,1H3/t4-/m1/s1. The molecule has 38 valence electrons. The molecule has 0 rings (SSSR count). The molecule has 0 saturated heterocycles. The third kappa shape index (κ3) is 4.77. The van der Waals surface area contributed by atoms with Crippen molar-refractivity contribution in [1.82, 2.24) is 0 Å². The van der Waals surface area contributed by atoms with E-state index in [2.05, 4.69) is 15.9 Å². The van der Waals surface area contributed by atoms with Crippen LogP contribution >= 0.6 is 27.5 Å². The molecule has 6 heavy (non-hydrogen) atoms. The topological polar surface area (TPSA) is 0 Å². The Bertz CT molecular complexity index is 28.7. The van der Waals surface area contributed by atoms with Crippen molar-refractivity contribution in [2.45, 2.75) is 18.7 Å². The second kappa shape index (κ2) is 3.94. The molecule has 0 heterocycles. The van der Waals surface area contributed by atoms with E-state index in [1.165, 1.54) is 0 Å². The van der Waals surface area contributed by atoms with Gasteiger partial charge in [0.15, 0.2) is 0 Å². The van der Waals surface area contributed by atoms with Crippen molar-refractivity contribution >= 4 is 27.5 Å². The van der Waals surface area contributed by atoms with Crippen molar-refractivity contribution in [3.8, 4) is 0 Å². The van der Waals surface area contributed by atoms with Gasteiger partial charge >= 0.3 is 0 Å². The predicted octanol–water partition coefficient (Wildman–Crippen LogP) is 2.40. The number of hydrogen-bond acceptors (Lipinski definition) is 0. The Morgan fingerprint density at radius 3 is 2.33 bits per heavy atom. The Hall–Kier alpha value is 0.770. The quantitative estimate of drug-likeness (QED) is 0.560. The molecule has 2 heteroatoms. The molecule has 0 unspecified atom stereocenters. The van der Waals surface area contributed by atoms with Crippen LogP contribution in [0.2, 0.25) is 0 Å². The molecule has 0 fully saturated rings. The SMILES string of the molecule is C[C@@H](Cl)CCBr. The average molecular weight is 171 g/mol. The van der Waals surface area contributed by atoms with Gasteiger partial charge in [0.2, 0.25) is 0 Å². The first-order valence-electron chi connectivity index (χ1n) is 1.97. The highest BCUT2D eigenvalue weighted by molar-refractivity contribution is 9.09. The predicted molar refractivity (Wildman–Crippen MR) is 33.7 cm³/mol. The lowest BCUT2D eigenvalue weighted by Gasteiger charge is -1.92. The van der Waals surface area contributed by atoms with Gasteiger partial charge in [-0.05, 0) is 13.3 Å². The van der Waals surface area contributed by atoms with E-state index in [0.29, 0.717) is 5.38 Å². The molecule has 1 atom stereocenters. The van der Waals surface area contributed by atoms with Crippen LogP contribution in [0, 0.1) is 0 Å². The van der Waals surface area contributed by atoms with Gasteiger partial charge in [0, 0.05) is 10.7 Å². The van der Waals surface area contributed by atoms with Gasteiger partial charge < -0.3 is 0 Å². The van der Waals surface area contributed by atoms with E-state index < -0.39 is 0 Å². The fourth-order valence-corrected chi connectivity index (χ4v) is 1.21. The van der Waals surface area contributed by atoms with Crippen LogP contribution in [0.3, 0.4) is 0 Å². The highest BCUT2D eigenvalue weighted by atomic mass is 79.9. The molecule has 0 aliphatic heterocycles. The van der Waals surface area contributed by atoms with Gasteiger partial charge in [-0.15, -0.1) is 11.6 Å². The summed E-state index contributed by atoms with van der Waals surface area (Å²) in [5, 5.41) is 1.34. The van der Waals surface area contributed by atoms with Crippen molar-refractivity contribution in [2.24, 2.45) is 0 Å². The summed E-state index contributed by atoms with van der Waals surface area (Å²) >= 11 is 8.81. The minimum absolute atomic E-state index is 0.323. The normalized spacial score (nSPS) is 14.5. The summed E-state index contributed by atoms with van der Waals surface area (Å²) < 4.78 is 0. The molecule has 0 aromatic rings. The smallest absolute Gasteiger partial charge is 0.0315 e. The maximum Gasteiger partial charge on any atom is 0.0315 e. The van der Waals surface area contributed by atoms with Crippen molar-refractivity contribution in [1.29, 1.82) is 0 Å². The lowest BCUT2D eigenvalue weighted by molar-refractivity contribution is 0.911.